The second-order valence-corrected chi connectivity index (χ2v) is 10.4. The number of hydrogen-bond acceptors (Lipinski definition) is 6. The molecule has 0 saturated heterocycles. The third-order valence-corrected chi connectivity index (χ3v) is 6.63. The second kappa shape index (κ2) is 14.0. The fourth-order valence-electron chi connectivity index (χ4n) is 4.86. The minimum Gasteiger partial charge on any atom is -0.412 e. The zero-order valence-electron chi connectivity index (χ0n) is 22.9. The summed E-state index contributed by atoms with van der Waals surface area (Å²) >= 11 is 0. The van der Waals surface area contributed by atoms with Crippen molar-refractivity contribution in [2.45, 2.75) is 51.2 Å². The second-order valence-electron chi connectivity index (χ2n) is 10.4. The molecule has 1 atom stereocenters. The summed E-state index contributed by atoms with van der Waals surface area (Å²) in [6.45, 7) is 3.99. The number of carbonyl (C=O) groups is 2. The zero-order chi connectivity index (χ0) is 26.7. The zero-order valence-corrected chi connectivity index (χ0v) is 23.7. The van der Waals surface area contributed by atoms with E-state index >= 15 is 0 Å². The highest BCUT2D eigenvalue weighted by atomic mass is 35.5. The third kappa shape index (κ3) is 7.74. The van der Waals surface area contributed by atoms with Gasteiger partial charge in [0.2, 0.25) is 11.8 Å². The average molecular weight is 582 g/mol. The van der Waals surface area contributed by atoms with Gasteiger partial charge in [-0.25, -0.2) is 5.10 Å². The summed E-state index contributed by atoms with van der Waals surface area (Å²) in [7, 11) is 0. The van der Waals surface area contributed by atoms with Crippen LogP contribution in [0.25, 0.3) is 22.5 Å². The molecule has 8 N–H and O–H groups in total. The maximum atomic E-state index is 13.7. The van der Waals surface area contributed by atoms with Gasteiger partial charge in [0.05, 0.1) is 6.54 Å². The van der Waals surface area contributed by atoms with Gasteiger partial charge < -0.3 is 26.9 Å². The quantitative estimate of drug-likeness (QED) is 0.300. The maximum absolute atomic E-state index is 13.7. The summed E-state index contributed by atoms with van der Waals surface area (Å²) in [5.74, 6) is 0.264. The van der Waals surface area contributed by atoms with Crippen LogP contribution in [0.5, 0.6) is 0 Å². The Bertz CT molecular complexity index is 1440. The molecular formula is C29H36ClN7O4. The Kier molecular flexibility index (Phi) is 11.2. The van der Waals surface area contributed by atoms with Crippen LogP contribution in [0.1, 0.15) is 37.8 Å². The fraction of sp³-hybridized carbons (Fsp3) is 0.276. The molecule has 2 amide bonds. The Balaban J connectivity index is 0.00000196. The molecule has 5 rings (SSSR count). The minimum atomic E-state index is -0.648. The number of anilines is 1. The molecule has 3 aromatic carbocycles. The van der Waals surface area contributed by atoms with E-state index in [4.69, 9.17) is 5.73 Å². The van der Waals surface area contributed by atoms with Crippen molar-refractivity contribution >= 4 is 29.9 Å². The van der Waals surface area contributed by atoms with Crippen LogP contribution in [-0.2, 0) is 22.6 Å². The molecule has 0 bridgehead atoms. The molecule has 1 aromatic heterocycles. The van der Waals surface area contributed by atoms with Gasteiger partial charge in [-0.15, -0.1) is 17.5 Å². The number of aromatic amines is 1. The van der Waals surface area contributed by atoms with E-state index in [1.54, 1.807) is 18.7 Å². The van der Waals surface area contributed by atoms with Crippen molar-refractivity contribution in [2.24, 2.45) is 5.73 Å². The smallest absolute Gasteiger partial charge is 0.249 e. The van der Waals surface area contributed by atoms with E-state index in [-0.39, 0.29) is 41.6 Å². The molecule has 0 aliphatic carbocycles. The van der Waals surface area contributed by atoms with E-state index < -0.39 is 11.6 Å². The number of rotatable bonds is 7. The number of hydrogen-bond donors (Lipinski definition) is 3. The molecule has 0 radical (unpaired) electrons. The van der Waals surface area contributed by atoms with Crippen LogP contribution < -0.4 is 16.0 Å². The average Bonchev–Trinajstić information content (AvgIpc) is 3.40. The van der Waals surface area contributed by atoms with Gasteiger partial charge in [-0.05, 0) is 65.4 Å². The summed E-state index contributed by atoms with van der Waals surface area (Å²) < 4.78 is 0. The number of tetrazole rings is 1. The van der Waals surface area contributed by atoms with Crippen molar-refractivity contribution < 1.29 is 20.5 Å². The lowest BCUT2D eigenvalue weighted by Gasteiger charge is -2.27. The van der Waals surface area contributed by atoms with Crippen LogP contribution in [0.3, 0.4) is 0 Å². The van der Waals surface area contributed by atoms with Gasteiger partial charge in [-0.1, -0.05) is 66.7 Å². The number of halogens is 1. The number of aromatic nitrogens is 4. The predicted octanol–water partition coefficient (Wildman–Crippen LogP) is 2.40. The van der Waals surface area contributed by atoms with Crippen molar-refractivity contribution in [3.8, 4) is 22.5 Å². The number of nitrogens with one attached hydrogen (secondary N) is 2. The molecule has 2 heterocycles. The number of benzene rings is 3. The van der Waals surface area contributed by atoms with Gasteiger partial charge in [-0.3, -0.25) is 9.59 Å². The highest BCUT2D eigenvalue weighted by Crippen LogP contribution is 2.32. The summed E-state index contributed by atoms with van der Waals surface area (Å²) in [6, 6.07) is 23.4. The number of aryl methyl sites for hydroxylation is 1. The van der Waals surface area contributed by atoms with Crippen molar-refractivity contribution in [3.05, 3.63) is 83.9 Å². The van der Waals surface area contributed by atoms with Crippen LogP contribution >= 0.6 is 12.4 Å². The van der Waals surface area contributed by atoms with Crippen LogP contribution in [-0.4, -0.2) is 55.0 Å². The molecule has 0 fully saturated rings. The first-order valence-corrected chi connectivity index (χ1v) is 12.7. The molecule has 0 spiro atoms. The predicted molar refractivity (Wildman–Crippen MR) is 160 cm³/mol. The monoisotopic (exact) mass is 581 g/mol. The third-order valence-electron chi connectivity index (χ3n) is 6.63. The van der Waals surface area contributed by atoms with Gasteiger partial charge in [0, 0.05) is 23.2 Å². The molecular weight excluding hydrogens is 546 g/mol. The first kappa shape index (κ1) is 33.0. The van der Waals surface area contributed by atoms with Crippen molar-refractivity contribution in [3.63, 3.8) is 0 Å². The van der Waals surface area contributed by atoms with Crippen LogP contribution in [0.2, 0.25) is 0 Å². The number of nitrogens with zero attached hydrogens (tertiary/aromatic N) is 4. The van der Waals surface area contributed by atoms with Gasteiger partial charge in [0.15, 0.2) is 5.82 Å². The van der Waals surface area contributed by atoms with E-state index in [2.05, 4.69) is 25.9 Å². The van der Waals surface area contributed by atoms with Gasteiger partial charge in [0.25, 0.3) is 0 Å². The van der Waals surface area contributed by atoms with Gasteiger partial charge >= 0.3 is 0 Å². The van der Waals surface area contributed by atoms with E-state index in [0.29, 0.717) is 25.2 Å². The number of carbonyl (C=O) groups excluding carboxylic acids is 2. The molecule has 1 aliphatic heterocycles. The molecule has 41 heavy (non-hydrogen) atoms. The molecule has 1 aliphatic rings. The summed E-state index contributed by atoms with van der Waals surface area (Å²) in [5, 5.41) is 17.2. The Morgan fingerprint density at radius 1 is 1.02 bits per heavy atom. The minimum absolute atomic E-state index is 0. The Morgan fingerprint density at radius 3 is 2.34 bits per heavy atom. The summed E-state index contributed by atoms with van der Waals surface area (Å²) in [4.78, 5) is 28.1. The molecule has 4 aromatic rings. The van der Waals surface area contributed by atoms with Crippen LogP contribution in [0, 0.1) is 0 Å². The Labute approximate surface area is 244 Å². The molecule has 0 unspecified atom stereocenters. The lowest BCUT2D eigenvalue weighted by atomic mass is 9.98. The van der Waals surface area contributed by atoms with Crippen LogP contribution in [0.15, 0.2) is 72.8 Å². The van der Waals surface area contributed by atoms with Crippen molar-refractivity contribution in [1.29, 1.82) is 0 Å². The molecule has 0 saturated carbocycles. The summed E-state index contributed by atoms with van der Waals surface area (Å²) in [6.07, 6.45) is 1.38. The highest BCUT2D eigenvalue weighted by Gasteiger charge is 2.32. The Hall–Kier alpha value is -4.16. The lowest BCUT2D eigenvalue weighted by Crippen LogP contribution is -2.49. The number of nitrogens with two attached hydrogens (primary N) is 1. The number of fused-ring (bicyclic) bond motifs is 1. The normalized spacial score (nSPS) is 14.5. The topological polar surface area (TPSA) is 193 Å². The molecule has 11 nitrogen and oxygen atoms in total. The van der Waals surface area contributed by atoms with Crippen molar-refractivity contribution in [1.82, 2.24) is 25.9 Å². The molecule has 12 heteroatoms. The Morgan fingerprint density at radius 2 is 1.68 bits per heavy atom. The number of amides is 2. The highest BCUT2D eigenvalue weighted by molar-refractivity contribution is 6.00. The number of H-pyrrole nitrogens is 1. The first-order valence-electron chi connectivity index (χ1n) is 12.7. The molecule has 218 valence electrons. The number of para-hydroxylation sites is 1. The van der Waals surface area contributed by atoms with Gasteiger partial charge in [0.1, 0.15) is 6.04 Å². The lowest BCUT2D eigenvalue weighted by molar-refractivity contribution is -0.128. The fourth-order valence-corrected chi connectivity index (χ4v) is 4.86. The standard InChI is InChI=1S/C29H31N7O2.ClH.2H2O/c1-29(2,30)17-26(37)31-24-16-15-21-7-3-6-10-25(21)36(28(24)38)18-19-11-13-20(14-12-19)22-8-4-5-9-23(22)27-32-34-35-33-27;;;/h3-14,24H,15-18,30H2,1-2H3,(H,31,37)(H,32,33,34,35);1H;2*1H2/t24-;;;/m1.../s1. The maximum Gasteiger partial charge on any atom is 0.249 e. The van der Waals surface area contributed by atoms with Gasteiger partial charge in [-0.2, -0.15) is 0 Å². The van der Waals surface area contributed by atoms with E-state index in [0.717, 1.165) is 33.5 Å². The van der Waals surface area contributed by atoms with E-state index in [9.17, 15) is 9.59 Å². The van der Waals surface area contributed by atoms with Crippen LogP contribution in [0.4, 0.5) is 5.69 Å². The van der Waals surface area contributed by atoms with E-state index in [1.165, 1.54) is 0 Å². The SMILES string of the molecule is CC(C)(N)CC(=O)N[C@@H]1CCc2ccccc2N(Cc2ccc(-c3ccccc3-c3nnn[nH]3)cc2)C1=O.Cl.O.O. The largest absolute Gasteiger partial charge is 0.412 e. The van der Waals surface area contributed by atoms with E-state index in [1.807, 2.05) is 72.8 Å². The first-order chi connectivity index (χ1) is 18.3. The van der Waals surface area contributed by atoms with Crippen molar-refractivity contribution in [2.75, 3.05) is 4.90 Å². The summed E-state index contributed by atoms with van der Waals surface area (Å²) in [5.41, 5.74) is 11.2.